The predicted octanol–water partition coefficient (Wildman–Crippen LogP) is 0.293. The minimum Gasteiger partial charge on any atom is -0.298 e. The van der Waals surface area contributed by atoms with E-state index in [4.69, 9.17) is 0 Å². The van der Waals surface area contributed by atoms with Crippen LogP contribution in [0.1, 0.15) is 37.8 Å². The molecule has 0 saturated heterocycles. The summed E-state index contributed by atoms with van der Waals surface area (Å²) in [6, 6.07) is 0. The standard InChI is InChI=1S/C13H19N5O3S/c1-8-11(20)14-13(18-15-8)22-7-10(19)16-17-12(21)9-5-3-2-4-6-9/h9H,2-7H2,1H3,(H,16,19)(H,17,21)(H,14,18,20). The first-order chi connectivity index (χ1) is 10.6. The molecule has 0 aromatic carbocycles. The topological polar surface area (TPSA) is 117 Å². The Hall–Kier alpha value is -1.90. The van der Waals surface area contributed by atoms with Crippen molar-refractivity contribution < 1.29 is 9.59 Å². The Labute approximate surface area is 131 Å². The fourth-order valence-corrected chi connectivity index (χ4v) is 2.81. The van der Waals surface area contributed by atoms with Gasteiger partial charge in [0.25, 0.3) is 5.56 Å². The third-order valence-electron chi connectivity index (χ3n) is 3.48. The molecule has 9 heteroatoms. The van der Waals surface area contributed by atoms with Crippen molar-refractivity contribution in [2.24, 2.45) is 5.92 Å². The Morgan fingerprint density at radius 1 is 1.23 bits per heavy atom. The molecule has 1 saturated carbocycles. The number of nitrogens with one attached hydrogen (secondary N) is 3. The number of hydrogen-bond donors (Lipinski definition) is 3. The molecule has 0 bridgehead atoms. The summed E-state index contributed by atoms with van der Waals surface area (Å²) in [5.41, 5.74) is 4.77. The van der Waals surface area contributed by atoms with Gasteiger partial charge in [0.2, 0.25) is 11.8 Å². The highest BCUT2D eigenvalue weighted by atomic mass is 32.2. The van der Waals surface area contributed by atoms with Gasteiger partial charge >= 0.3 is 0 Å². The Balaban J connectivity index is 1.72. The van der Waals surface area contributed by atoms with Gasteiger partial charge in [-0.15, -0.1) is 10.2 Å². The molecule has 1 fully saturated rings. The number of H-pyrrole nitrogens is 1. The summed E-state index contributed by atoms with van der Waals surface area (Å²) < 4.78 is 0. The molecule has 1 aliphatic carbocycles. The summed E-state index contributed by atoms with van der Waals surface area (Å²) >= 11 is 1.05. The summed E-state index contributed by atoms with van der Waals surface area (Å²) in [4.78, 5) is 37.4. The maximum atomic E-state index is 11.9. The highest BCUT2D eigenvalue weighted by Gasteiger charge is 2.21. The van der Waals surface area contributed by atoms with Crippen molar-refractivity contribution >= 4 is 23.6 Å². The molecular formula is C13H19N5O3S. The molecule has 8 nitrogen and oxygen atoms in total. The Morgan fingerprint density at radius 2 is 1.95 bits per heavy atom. The predicted molar refractivity (Wildman–Crippen MR) is 81.0 cm³/mol. The van der Waals surface area contributed by atoms with Crippen molar-refractivity contribution in [3.63, 3.8) is 0 Å². The van der Waals surface area contributed by atoms with Crippen molar-refractivity contribution in [1.29, 1.82) is 0 Å². The normalized spacial score (nSPS) is 15.3. The molecule has 2 amide bonds. The monoisotopic (exact) mass is 325 g/mol. The number of hydrogen-bond acceptors (Lipinski definition) is 6. The largest absolute Gasteiger partial charge is 0.298 e. The van der Waals surface area contributed by atoms with E-state index in [2.05, 4.69) is 26.0 Å². The van der Waals surface area contributed by atoms with Gasteiger partial charge in [-0.25, -0.2) is 0 Å². The van der Waals surface area contributed by atoms with E-state index in [1.165, 1.54) is 6.42 Å². The van der Waals surface area contributed by atoms with Crippen molar-refractivity contribution in [3.05, 3.63) is 16.0 Å². The number of nitrogens with zero attached hydrogens (tertiary/aromatic N) is 2. The van der Waals surface area contributed by atoms with Gasteiger partial charge < -0.3 is 0 Å². The van der Waals surface area contributed by atoms with Crippen LogP contribution in [-0.4, -0.2) is 32.7 Å². The zero-order valence-electron chi connectivity index (χ0n) is 12.3. The first kappa shape index (κ1) is 16.5. The lowest BCUT2D eigenvalue weighted by Gasteiger charge is -2.20. The molecule has 3 N–H and O–H groups in total. The fourth-order valence-electron chi connectivity index (χ4n) is 2.21. The lowest BCUT2D eigenvalue weighted by molar-refractivity contribution is -0.131. The lowest BCUT2D eigenvalue weighted by Crippen LogP contribution is -2.45. The molecule has 0 aliphatic heterocycles. The Bertz CT molecular complexity index is 598. The molecule has 2 rings (SSSR count). The first-order valence-electron chi connectivity index (χ1n) is 7.21. The van der Waals surface area contributed by atoms with Crippen LogP contribution in [-0.2, 0) is 9.59 Å². The molecular weight excluding hydrogens is 306 g/mol. The number of carbonyl (C=O) groups excluding carboxylic acids is 2. The highest BCUT2D eigenvalue weighted by Crippen LogP contribution is 2.23. The summed E-state index contributed by atoms with van der Waals surface area (Å²) in [5, 5.41) is 7.71. The third kappa shape index (κ3) is 4.83. The number of amides is 2. The smallest absolute Gasteiger partial charge is 0.273 e. The summed E-state index contributed by atoms with van der Waals surface area (Å²) in [5.74, 6) is -0.487. The van der Waals surface area contributed by atoms with Gasteiger partial charge in [-0.3, -0.25) is 30.2 Å². The van der Waals surface area contributed by atoms with Crippen LogP contribution >= 0.6 is 11.8 Å². The van der Waals surface area contributed by atoms with E-state index < -0.39 is 0 Å². The number of aromatic amines is 1. The molecule has 0 unspecified atom stereocenters. The zero-order valence-corrected chi connectivity index (χ0v) is 13.2. The number of carbonyl (C=O) groups is 2. The van der Waals surface area contributed by atoms with Crippen molar-refractivity contribution in [1.82, 2.24) is 26.0 Å². The second-order valence-corrected chi connectivity index (χ2v) is 6.17. The highest BCUT2D eigenvalue weighted by molar-refractivity contribution is 7.99. The van der Waals surface area contributed by atoms with E-state index in [0.717, 1.165) is 37.4 Å². The number of thioether (sulfide) groups is 1. The van der Waals surface area contributed by atoms with Gasteiger partial charge in [-0.05, 0) is 19.8 Å². The van der Waals surface area contributed by atoms with Crippen LogP contribution in [0, 0.1) is 12.8 Å². The van der Waals surface area contributed by atoms with Gasteiger partial charge in [-0.2, -0.15) is 0 Å². The van der Waals surface area contributed by atoms with Crippen LogP contribution in [0.4, 0.5) is 0 Å². The van der Waals surface area contributed by atoms with E-state index >= 15 is 0 Å². The minimum absolute atomic E-state index is 0.0129. The summed E-state index contributed by atoms with van der Waals surface area (Å²) in [7, 11) is 0. The summed E-state index contributed by atoms with van der Waals surface area (Å²) in [6.07, 6.45) is 5.03. The minimum atomic E-state index is -0.364. The SMILES string of the molecule is Cc1nnc(SCC(=O)NNC(=O)C2CCCCC2)[nH]c1=O. The number of hydrazine groups is 1. The van der Waals surface area contributed by atoms with Crippen LogP contribution in [0.2, 0.25) is 0 Å². The van der Waals surface area contributed by atoms with Crippen molar-refractivity contribution in [2.75, 3.05) is 5.75 Å². The first-order valence-corrected chi connectivity index (χ1v) is 8.20. The quantitative estimate of drug-likeness (QED) is 0.541. The molecule has 22 heavy (non-hydrogen) atoms. The third-order valence-corrected chi connectivity index (χ3v) is 4.34. The van der Waals surface area contributed by atoms with E-state index in [9.17, 15) is 14.4 Å². The fraction of sp³-hybridized carbons (Fsp3) is 0.615. The number of rotatable bonds is 4. The van der Waals surface area contributed by atoms with E-state index in [-0.39, 0.29) is 39.9 Å². The molecule has 0 atom stereocenters. The molecule has 1 heterocycles. The van der Waals surface area contributed by atoms with Gasteiger partial charge in [0.05, 0.1) is 5.75 Å². The molecule has 1 aromatic rings. The Morgan fingerprint density at radius 3 is 2.64 bits per heavy atom. The average molecular weight is 325 g/mol. The van der Waals surface area contributed by atoms with E-state index in [0.29, 0.717) is 0 Å². The molecule has 120 valence electrons. The summed E-state index contributed by atoms with van der Waals surface area (Å²) in [6.45, 7) is 1.55. The maximum absolute atomic E-state index is 11.9. The van der Waals surface area contributed by atoms with E-state index in [1.807, 2.05) is 0 Å². The number of aromatic nitrogens is 3. The maximum Gasteiger partial charge on any atom is 0.273 e. The van der Waals surface area contributed by atoms with Crippen LogP contribution in [0.3, 0.4) is 0 Å². The van der Waals surface area contributed by atoms with Crippen LogP contribution < -0.4 is 16.4 Å². The van der Waals surface area contributed by atoms with Gasteiger partial charge in [0.1, 0.15) is 5.69 Å². The second-order valence-electron chi connectivity index (χ2n) is 5.21. The van der Waals surface area contributed by atoms with E-state index in [1.54, 1.807) is 6.92 Å². The van der Waals surface area contributed by atoms with Gasteiger partial charge in [0, 0.05) is 5.92 Å². The Kier molecular flexibility index (Phi) is 5.93. The lowest BCUT2D eigenvalue weighted by atomic mass is 9.89. The van der Waals surface area contributed by atoms with Gasteiger partial charge in [0.15, 0.2) is 5.16 Å². The van der Waals surface area contributed by atoms with Crippen LogP contribution in [0.25, 0.3) is 0 Å². The van der Waals surface area contributed by atoms with Gasteiger partial charge in [-0.1, -0.05) is 31.0 Å². The molecule has 1 aromatic heterocycles. The van der Waals surface area contributed by atoms with Crippen molar-refractivity contribution in [3.8, 4) is 0 Å². The molecule has 0 radical (unpaired) electrons. The van der Waals surface area contributed by atoms with Crippen LogP contribution in [0.15, 0.2) is 9.95 Å². The number of aryl methyl sites for hydroxylation is 1. The van der Waals surface area contributed by atoms with Crippen LogP contribution in [0.5, 0.6) is 0 Å². The molecule has 1 aliphatic rings. The van der Waals surface area contributed by atoms with Crippen molar-refractivity contribution in [2.45, 2.75) is 44.2 Å². The molecule has 0 spiro atoms. The average Bonchev–Trinajstić information content (AvgIpc) is 2.54. The zero-order chi connectivity index (χ0) is 15.9. The second kappa shape index (κ2) is 7.92.